The van der Waals surface area contributed by atoms with Crippen LogP contribution >= 0.6 is 11.8 Å². The van der Waals surface area contributed by atoms with E-state index in [9.17, 15) is 18.5 Å². The van der Waals surface area contributed by atoms with Gasteiger partial charge in [0.2, 0.25) is 0 Å². The molecule has 0 spiro atoms. The zero-order valence-electron chi connectivity index (χ0n) is 9.70. The minimum Gasteiger partial charge on any atom is -0.396 e. The molecule has 1 aromatic rings. The second-order valence-corrected chi connectivity index (χ2v) is 6.68. The number of nitro benzene ring substituents is 1. The number of hydrogen-bond acceptors (Lipinski definition) is 6. The lowest BCUT2D eigenvalue weighted by Gasteiger charge is -2.06. The Kier molecular flexibility index (Phi) is 5.12. The van der Waals surface area contributed by atoms with Gasteiger partial charge >= 0.3 is 5.69 Å². The molecule has 0 radical (unpaired) electrons. The van der Waals surface area contributed by atoms with Crippen molar-refractivity contribution >= 4 is 27.3 Å². The molecular formula is C10H13NO5S2. The van der Waals surface area contributed by atoms with Crippen LogP contribution in [0.2, 0.25) is 0 Å². The first-order valence-corrected chi connectivity index (χ1v) is 7.96. The molecule has 100 valence electrons. The van der Waals surface area contributed by atoms with Crippen LogP contribution in [0.15, 0.2) is 28.0 Å². The second-order valence-electron chi connectivity index (χ2n) is 3.56. The van der Waals surface area contributed by atoms with Crippen molar-refractivity contribution in [2.75, 3.05) is 18.6 Å². The van der Waals surface area contributed by atoms with Gasteiger partial charge in [-0.15, -0.1) is 11.8 Å². The highest BCUT2D eigenvalue weighted by Gasteiger charge is 2.25. The van der Waals surface area contributed by atoms with E-state index in [1.165, 1.54) is 18.2 Å². The Labute approximate surface area is 109 Å². The Balaban J connectivity index is 3.23. The molecule has 6 nitrogen and oxygen atoms in total. The third kappa shape index (κ3) is 3.69. The number of benzene rings is 1. The lowest BCUT2D eigenvalue weighted by atomic mass is 10.3. The van der Waals surface area contributed by atoms with E-state index < -0.39 is 14.8 Å². The van der Waals surface area contributed by atoms with Crippen LogP contribution < -0.4 is 0 Å². The van der Waals surface area contributed by atoms with Crippen molar-refractivity contribution in [3.8, 4) is 0 Å². The van der Waals surface area contributed by atoms with Gasteiger partial charge in [0, 0.05) is 18.6 Å². The molecule has 0 unspecified atom stereocenters. The normalized spacial score (nSPS) is 11.4. The van der Waals surface area contributed by atoms with Gasteiger partial charge in [-0.25, -0.2) is 8.42 Å². The molecule has 0 aliphatic rings. The predicted molar refractivity (Wildman–Crippen MR) is 68.6 cm³/mol. The van der Waals surface area contributed by atoms with Crippen molar-refractivity contribution in [3.05, 3.63) is 28.3 Å². The maximum atomic E-state index is 11.5. The first-order chi connectivity index (χ1) is 8.38. The average Bonchev–Trinajstić information content (AvgIpc) is 2.27. The summed E-state index contributed by atoms with van der Waals surface area (Å²) < 4.78 is 23.0. The molecule has 0 amide bonds. The fourth-order valence-electron chi connectivity index (χ4n) is 1.34. The van der Waals surface area contributed by atoms with Crippen LogP contribution in [-0.4, -0.2) is 37.1 Å². The lowest BCUT2D eigenvalue weighted by molar-refractivity contribution is -0.390. The summed E-state index contributed by atoms with van der Waals surface area (Å²) in [6.45, 7) is -0.00738. The molecule has 1 rings (SSSR count). The van der Waals surface area contributed by atoms with Gasteiger partial charge in [0.15, 0.2) is 9.84 Å². The monoisotopic (exact) mass is 291 g/mol. The number of hydrogen-bond donors (Lipinski definition) is 1. The van der Waals surface area contributed by atoms with E-state index in [4.69, 9.17) is 5.11 Å². The number of sulfone groups is 1. The summed E-state index contributed by atoms with van der Waals surface area (Å²) in [6.07, 6.45) is 1.43. The molecule has 0 bridgehead atoms. The predicted octanol–water partition coefficient (Wildman–Crippen LogP) is 1.47. The van der Waals surface area contributed by atoms with Crippen molar-refractivity contribution in [2.24, 2.45) is 0 Å². The minimum absolute atomic E-state index is 0.00738. The molecule has 0 fully saturated rings. The highest BCUT2D eigenvalue weighted by molar-refractivity contribution is 7.99. The molecule has 0 aliphatic heterocycles. The zero-order valence-corrected chi connectivity index (χ0v) is 11.3. The number of aliphatic hydroxyl groups excluding tert-OH is 1. The minimum atomic E-state index is -3.64. The summed E-state index contributed by atoms with van der Waals surface area (Å²) in [5, 5.41) is 19.7. The van der Waals surface area contributed by atoms with Gasteiger partial charge < -0.3 is 5.11 Å². The molecule has 8 heteroatoms. The molecule has 1 aromatic carbocycles. The van der Waals surface area contributed by atoms with E-state index in [1.54, 1.807) is 0 Å². The van der Waals surface area contributed by atoms with E-state index >= 15 is 0 Å². The van der Waals surface area contributed by atoms with Crippen LogP contribution in [0.5, 0.6) is 0 Å². The second kappa shape index (κ2) is 6.17. The van der Waals surface area contributed by atoms with Crippen LogP contribution in [-0.2, 0) is 9.84 Å². The van der Waals surface area contributed by atoms with E-state index in [0.717, 1.165) is 18.0 Å². The topological polar surface area (TPSA) is 97.5 Å². The van der Waals surface area contributed by atoms with Crippen molar-refractivity contribution in [2.45, 2.75) is 16.2 Å². The number of aliphatic hydroxyl groups is 1. The summed E-state index contributed by atoms with van der Waals surface area (Å²) in [5.41, 5.74) is -0.386. The highest BCUT2D eigenvalue weighted by Crippen LogP contribution is 2.34. The summed E-state index contributed by atoms with van der Waals surface area (Å²) >= 11 is 1.16. The summed E-state index contributed by atoms with van der Waals surface area (Å²) in [7, 11) is -3.64. The van der Waals surface area contributed by atoms with E-state index in [0.29, 0.717) is 17.1 Å². The summed E-state index contributed by atoms with van der Waals surface area (Å²) in [4.78, 5) is 10.3. The van der Waals surface area contributed by atoms with Crippen molar-refractivity contribution in [3.63, 3.8) is 0 Å². The van der Waals surface area contributed by atoms with E-state index in [-0.39, 0.29) is 17.2 Å². The van der Waals surface area contributed by atoms with Gasteiger partial charge in [0.25, 0.3) is 0 Å². The largest absolute Gasteiger partial charge is 0.396 e. The van der Waals surface area contributed by atoms with Crippen LogP contribution in [0.4, 0.5) is 5.69 Å². The van der Waals surface area contributed by atoms with Crippen LogP contribution in [0.3, 0.4) is 0 Å². The quantitative estimate of drug-likeness (QED) is 0.369. The third-order valence-corrected chi connectivity index (χ3v) is 4.37. The van der Waals surface area contributed by atoms with Crippen molar-refractivity contribution < 1.29 is 18.4 Å². The van der Waals surface area contributed by atoms with Crippen molar-refractivity contribution in [1.82, 2.24) is 0 Å². The van der Waals surface area contributed by atoms with Gasteiger partial charge in [0.05, 0.1) is 9.82 Å². The smallest absolute Gasteiger partial charge is 0.301 e. The Morgan fingerprint density at radius 2 is 2.11 bits per heavy atom. The highest BCUT2D eigenvalue weighted by atomic mass is 32.2. The average molecular weight is 291 g/mol. The summed E-state index contributed by atoms with van der Waals surface area (Å²) in [5.74, 6) is 0.491. The molecule has 0 saturated carbocycles. The first kappa shape index (κ1) is 14.9. The van der Waals surface area contributed by atoms with Gasteiger partial charge in [0.1, 0.15) is 4.90 Å². The number of nitro groups is 1. The van der Waals surface area contributed by atoms with Gasteiger partial charge in [-0.1, -0.05) is 6.07 Å². The van der Waals surface area contributed by atoms with Gasteiger partial charge in [-0.2, -0.15) is 0 Å². The molecule has 18 heavy (non-hydrogen) atoms. The number of thioether (sulfide) groups is 1. The third-order valence-electron chi connectivity index (χ3n) is 2.10. The van der Waals surface area contributed by atoms with Crippen LogP contribution in [0, 0.1) is 10.1 Å². The fraction of sp³-hybridized carbons (Fsp3) is 0.400. The summed E-state index contributed by atoms with van der Waals surface area (Å²) in [6, 6.07) is 4.21. The fourth-order valence-corrected chi connectivity index (χ4v) is 3.26. The van der Waals surface area contributed by atoms with Gasteiger partial charge in [-0.3, -0.25) is 10.1 Å². The molecule has 0 heterocycles. The maximum absolute atomic E-state index is 11.5. The Morgan fingerprint density at radius 3 is 2.61 bits per heavy atom. The molecule has 0 aliphatic carbocycles. The SMILES string of the molecule is CS(=O)(=O)c1cccc(SCCCO)c1[N+](=O)[O-]. The zero-order chi connectivity index (χ0) is 13.8. The number of para-hydroxylation sites is 1. The maximum Gasteiger partial charge on any atom is 0.301 e. The molecular weight excluding hydrogens is 278 g/mol. The lowest BCUT2D eigenvalue weighted by Crippen LogP contribution is -2.04. The first-order valence-electron chi connectivity index (χ1n) is 5.09. The van der Waals surface area contributed by atoms with E-state index in [1.807, 2.05) is 0 Å². The Bertz CT molecular complexity index is 541. The van der Waals surface area contributed by atoms with Crippen LogP contribution in [0.1, 0.15) is 6.42 Å². The molecule has 1 N–H and O–H groups in total. The van der Waals surface area contributed by atoms with Gasteiger partial charge in [-0.05, 0) is 18.6 Å². The number of nitrogens with zero attached hydrogens (tertiary/aromatic N) is 1. The molecule has 0 aromatic heterocycles. The van der Waals surface area contributed by atoms with Crippen molar-refractivity contribution in [1.29, 1.82) is 0 Å². The van der Waals surface area contributed by atoms with Crippen LogP contribution in [0.25, 0.3) is 0 Å². The molecule has 0 atom stereocenters. The standard InChI is InChI=1S/C10H13NO5S2/c1-18(15,16)9-5-2-4-8(10(9)11(13)14)17-7-3-6-12/h2,4-5,12H,3,6-7H2,1H3. The Hall–Kier alpha value is -1.12. The van der Waals surface area contributed by atoms with E-state index in [2.05, 4.69) is 0 Å². The Morgan fingerprint density at radius 1 is 1.44 bits per heavy atom. The number of rotatable bonds is 6. The molecule has 0 saturated heterocycles.